The van der Waals surface area contributed by atoms with E-state index in [1.807, 2.05) is 23.5 Å². The highest BCUT2D eigenvalue weighted by Gasteiger charge is 2.17. The van der Waals surface area contributed by atoms with Gasteiger partial charge >= 0.3 is 0 Å². The van der Waals surface area contributed by atoms with Crippen LogP contribution in [0.3, 0.4) is 0 Å². The molecule has 230 valence electrons. The fraction of sp³-hybridized carbons (Fsp3) is 0. The maximum absolute atomic E-state index is 6.39. The van der Waals surface area contributed by atoms with Crippen LogP contribution in [0.25, 0.3) is 75.1 Å². The van der Waals surface area contributed by atoms with Crippen molar-refractivity contribution in [3.8, 4) is 22.3 Å². The van der Waals surface area contributed by atoms with Crippen LogP contribution in [0.2, 0.25) is 0 Å². The van der Waals surface area contributed by atoms with Crippen LogP contribution in [-0.2, 0) is 0 Å². The van der Waals surface area contributed by atoms with Gasteiger partial charge in [-0.1, -0.05) is 121 Å². The summed E-state index contributed by atoms with van der Waals surface area (Å²) in [6, 6.07) is 63.3. The molecule has 0 saturated carbocycles. The molecule has 0 aliphatic heterocycles. The Morgan fingerprint density at radius 1 is 0.408 bits per heavy atom. The van der Waals surface area contributed by atoms with Gasteiger partial charge in [0.2, 0.25) is 0 Å². The Balaban J connectivity index is 1.12. The van der Waals surface area contributed by atoms with Crippen molar-refractivity contribution >= 4 is 81.3 Å². The second kappa shape index (κ2) is 11.2. The molecule has 0 saturated heterocycles. The quantitative estimate of drug-likeness (QED) is 0.186. The maximum atomic E-state index is 6.39. The fourth-order valence-corrected chi connectivity index (χ4v) is 8.49. The summed E-state index contributed by atoms with van der Waals surface area (Å²) in [5, 5.41) is 7.35. The summed E-state index contributed by atoms with van der Waals surface area (Å²) in [5.41, 5.74) is 9.81. The minimum Gasteiger partial charge on any atom is -0.455 e. The summed E-state index contributed by atoms with van der Waals surface area (Å²) in [6.07, 6.45) is 0. The molecule has 0 unspecified atom stereocenters. The number of hydrogen-bond acceptors (Lipinski definition) is 3. The van der Waals surface area contributed by atoms with Gasteiger partial charge in [-0.05, 0) is 82.1 Å². The fourth-order valence-electron chi connectivity index (χ4n) is 7.36. The molecule has 0 aliphatic rings. The summed E-state index contributed by atoms with van der Waals surface area (Å²) in [6.45, 7) is 0. The molecule has 3 heteroatoms. The zero-order valence-electron chi connectivity index (χ0n) is 26.5. The van der Waals surface area contributed by atoms with Gasteiger partial charge in [0.25, 0.3) is 0 Å². The zero-order chi connectivity index (χ0) is 32.3. The van der Waals surface area contributed by atoms with E-state index < -0.39 is 0 Å². The standard InChI is InChI=1S/C46H29NOS/c1-2-11-32-28-36(27-22-30(32)10-1)47(34-25-23-31(24-26-34)38-17-8-18-40-39-14-3-5-19-42(39)48-46(38)40)35-13-7-12-33(29-35)37-16-9-21-44-45(37)41-15-4-6-20-43(41)49-44/h1-29H. The lowest BCUT2D eigenvalue weighted by atomic mass is 9.98. The summed E-state index contributed by atoms with van der Waals surface area (Å²) < 4.78 is 9.02. The lowest BCUT2D eigenvalue weighted by molar-refractivity contribution is 0.670. The van der Waals surface area contributed by atoms with Gasteiger partial charge in [-0.3, -0.25) is 0 Å². The van der Waals surface area contributed by atoms with Crippen LogP contribution >= 0.6 is 11.3 Å². The normalized spacial score (nSPS) is 11.7. The van der Waals surface area contributed by atoms with Crippen molar-refractivity contribution in [2.24, 2.45) is 0 Å². The Hall–Kier alpha value is -6.16. The van der Waals surface area contributed by atoms with Gasteiger partial charge in [-0.2, -0.15) is 0 Å². The Labute approximate surface area is 287 Å². The predicted octanol–water partition coefficient (Wildman–Crippen LogP) is 13.9. The molecule has 10 rings (SSSR count). The third-order valence-electron chi connectivity index (χ3n) is 9.65. The molecule has 0 N–H and O–H groups in total. The monoisotopic (exact) mass is 643 g/mol. The predicted molar refractivity (Wildman–Crippen MR) is 210 cm³/mol. The second-order valence-electron chi connectivity index (χ2n) is 12.5. The molecule has 2 heterocycles. The minimum atomic E-state index is 0.912. The van der Waals surface area contributed by atoms with Crippen molar-refractivity contribution in [3.63, 3.8) is 0 Å². The Bertz CT molecular complexity index is 2840. The topological polar surface area (TPSA) is 16.4 Å². The molecule has 2 nitrogen and oxygen atoms in total. The van der Waals surface area contributed by atoms with Crippen LogP contribution in [0, 0.1) is 0 Å². The smallest absolute Gasteiger partial charge is 0.143 e. The number of nitrogens with zero attached hydrogens (tertiary/aromatic N) is 1. The van der Waals surface area contributed by atoms with Crippen molar-refractivity contribution in [1.29, 1.82) is 0 Å². The first-order valence-electron chi connectivity index (χ1n) is 16.6. The van der Waals surface area contributed by atoms with Crippen molar-refractivity contribution in [3.05, 3.63) is 176 Å². The highest BCUT2D eigenvalue weighted by atomic mass is 32.1. The Morgan fingerprint density at radius 2 is 1.08 bits per heavy atom. The van der Waals surface area contributed by atoms with Crippen molar-refractivity contribution in [2.45, 2.75) is 0 Å². The third-order valence-corrected chi connectivity index (χ3v) is 10.8. The lowest BCUT2D eigenvalue weighted by Gasteiger charge is -2.26. The molecule has 10 aromatic rings. The average Bonchev–Trinajstić information content (AvgIpc) is 3.74. The first-order valence-corrected chi connectivity index (χ1v) is 17.4. The molecule has 49 heavy (non-hydrogen) atoms. The molecule has 0 spiro atoms. The van der Waals surface area contributed by atoms with Crippen LogP contribution in [0.1, 0.15) is 0 Å². The largest absolute Gasteiger partial charge is 0.455 e. The zero-order valence-corrected chi connectivity index (χ0v) is 27.3. The van der Waals surface area contributed by atoms with E-state index in [1.165, 1.54) is 42.1 Å². The summed E-state index contributed by atoms with van der Waals surface area (Å²) >= 11 is 1.86. The number of fused-ring (bicyclic) bond motifs is 7. The summed E-state index contributed by atoms with van der Waals surface area (Å²) in [5.74, 6) is 0. The summed E-state index contributed by atoms with van der Waals surface area (Å²) in [7, 11) is 0. The number of thiophene rings is 1. The SMILES string of the molecule is c1cc(-c2cccc3sc4ccccc4c23)cc(N(c2ccc(-c3cccc4c3oc3ccccc34)cc2)c2ccc3ccccc3c2)c1. The van der Waals surface area contributed by atoms with Crippen molar-refractivity contribution in [2.75, 3.05) is 4.90 Å². The van der Waals surface area contributed by atoms with Crippen LogP contribution in [0.4, 0.5) is 17.1 Å². The van der Waals surface area contributed by atoms with E-state index in [9.17, 15) is 0 Å². The third kappa shape index (κ3) is 4.62. The van der Waals surface area contributed by atoms with Crippen molar-refractivity contribution < 1.29 is 4.42 Å². The molecule has 0 aliphatic carbocycles. The van der Waals surface area contributed by atoms with E-state index in [0.717, 1.165) is 50.1 Å². The molecule has 0 fully saturated rings. The van der Waals surface area contributed by atoms with Crippen LogP contribution in [0.15, 0.2) is 180 Å². The average molecular weight is 644 g/mol. The van der Waals surface area contributed by atoms with Gasteiger partial charge in [0, 0.05) is 53.6 Å². The van der Waals surface area contributed by atoms with E-state index in [1.54, 1.807) is 0 Å². The van der Waals surface area contributed by atoms with E-state index in [4.69, 9.17) is 4.42 Å². The van der Waals surface area contributed by atoms with E-state index in [0.29, 0.717) is 0 Å². The highest BCUT2D eigenvalue weighted by Crippen LogP contribution is 2.43. The van der Waals surface area contributed by atoms with E-state index in [2.05, 4.69) is 169 Å². The lowest BCUT2D eigenvalue weighted by Crippen LogP contribution is -2.10. The van der Waals surface area contributed by atoms with E-state index >= 15 is 0 Å². The number of anilines is 3. The van der Waals surface area contributed by atoms with Gasteiger partial charge in [0.1, 0.15) is 11.2 Å². The van der Waals surface area contributed by atoms with Crippen LogP contribution in [-0.4, -0.2) is 0 Å². The van der Waals surface area contributed by atoms with Gasteiger partial charge in [-0.15, -0.1) is 11.3 Å². The number of furan rings is 1. The first kappa shape index (κ1) is 27.9. The maximum Gasteiger partial charge on any atom is 0.143 e. The van der Waals surface area contributed by atoms with Crippen LogP contribution in [0.5, 0.6) is 0 Å². The first-order chi connectivity index (χ1) is 24.3. The molecule has 0 amide bonds. The molecular formula is C46H29NOS. The molecule has 0 bridgehead atoms. The molecule has 0 radical (unpaired) electrons. The second-order valence-corrected chi connectivity index (χ2v) is 13.6. The van der Waals surface area contributed by atoms with E-state index in [-0.39, 0.29) is 0 Å². The van der Waals surface area contributed by atoms with Crippen molar-refractivity contribution in [1.82, 2.24) is 0 Å². The molecular weight excluding hydrogens is 615 g/mol. The highest BCUT2D eigenvalue weighted by molar-refractivity contribution is 7.25. The van der Waals surface area contributed by atoms with Crippen LogP contribution < -0.4 is 4.90 Å². The number of rotatable bonds is 5. The molecule has 8 aromatic carbocycles. The Kier molecular flexibility index (Phi) is 6.39. The summed E-state index contributed by atoms with van der Waals surface area (Å²) in [4.78, 5) is 2.37. The van der Waals surface area contributed by atoms with Gasteiger partial charge in [0.05, 0.1) is 0 Å². The Morgan fingerprint density at radius 3 is 2.00 bits per heavy atom. The number of benzene rings is 8. The van der Waals surface area contributed by atoms with Gasteiger partial charge < -0.3 is 9.32 Å². The van der Waals surface area contributed by atoms with Gasteiger partial charge in [0.15, 0.2) is 0 Å². The van der Waals surface area contributed by atoms with Gasteiger partial charge in [-0.25, -0.2) is 0 Å². The number of para-hydroxylation sites is 2. The minimum absolute atomic E-state index is 0.912. The molecule has 0 atom stereocenters. The molecule has 2 aromatic heterocycles. The number of hydrogen-bond donors (Lipinski definition) is 0.